The van der Waals surface area contributed by atoms with E-state index in [9.17, 15) is 24.9 Å². The summed E-state index contributed by atoms with van der Waals surface area (Å²) >= 11 is 0. The number of Topliss-reactive ketones (excluding diaryl/α,β-unsaturated/α-hetero) is 1. The van der Waals surface area contributed by atoms with Crippen LogP contribution in [0.5, 0.6) is 5.75 Å². The van der Waals surface area contributed by atoms with Crippen molar-refractivity contribution in [3.8, 4) is 5.75 Å². The van der Waals surface area contributed by atoms with Gasteiger partial charge in [-0.05, 0) is 43.4 Å². The molecule has 4 atom stereocenters. The molecule has 0 bridgehead atoms. The van der Waals surface area contributed by atoms with Crippen molar-refractivity contribution in [3.63, 3.8) is 0 Å². The van der Waals surface area contributed by atoms with Crippen LogP contribution in [-0.2, 0) is 16.0 Å². The second-order valence-corrected chi connectivity index (χ2v) is 7.69. The number of hydrogen-bond donors (Lipinski definition) is 4. The highest BCUT2D eigenvalue weighted by Gasteiger charge is 2.39. The lowest BCUT2D eigenvalue weighted by molar-refractivity contribution is -0.137. The van der Waals surface area contributed by atoms with E-state index in [0.29, 0.717) is 25.7 Å². The molecule has 29 heavy (non-hydrogen) atoms. The van der Waals surface area contributed by atoms with Crippen LogP contribution in [0.2, 0.25) is 0 Å². The Balaban J connectivity index is 1.91. The van der Waals surface area contributed by atoms with Gasteiger partial charge in [0.05, 0.1) is 12.2 Å². The molecule has 1 saturated carbocycles. The van der Waals surface area contributed by atoms with Gasteiger partial charge in [0.15, 0.2) is 0 Å². The minimum absolute atomic E-state index is 0.00554. The Morgan fingerprint density at radius 2 is 2.07 bits per heavy atom. The largest absolute Gasteiger partial charge is 0.508 e. The molecule has 0 amide bonds. The number of aryl methyl sites for hydroxylation is 1. The number of carbonyl (C=O) groups excluding carboxylic acids is 1. The summed E-state index contributed by atoms with van der Waals surface area (Å²) in [5.41, 5.74) is 1.63. The molecular weight excluding hydrogens is 372 g/mol. The number of phenols is 1. The van der Waals surface area contributed by atoms with Crippen molar-refractivity contribution in [3.05, 3.63) is 53.6 Å². The van der Waals surface area contributed by atoms with Gasteiger partial charge in [-0.15, -0.1) is 0 Å². The highest BCUT2D eigenvalue weighted by molar-refractivity contribution is 5.84. The summed E-state index contributed by atoms with van der Waals surface area (Å²) in [5, 5.41) is 38.7. The van der Waals surface area contributed by atoms with Crippen LogP contribution in [0, 0.1) is 18.8 Å². The summed E-state index contributed by atoms with van der Waals surface area (Å²) in [6.07, 6.45) is 7.89. The van der Waals surface area contributed by atoms with Gasteiger partial charge >= 0.3 is 5.97 Å². The molecule has 6 heteroatoms. The topological polar surface area (TPSA) is 115 Å². The molecule has 0 spiro atoms. The molecule has 0 unspecified atom stereocenters. The van der Waals surface area contributed by atoms with Crippen molar-refractivity contribution in [2.24, 2.45) is 11.8 Å². The molecule has 6 nitrogen and oxygen atoms in total. The molecule has 0 heterocycles. The molecule has 1 fully saturated rings. The molecule has 1 aromatic carbocycles. The lowest BCUT2D eigenvalue weighted by atomic mass is 9.90. The molecule has 2 rings (SSSR count). The Hall–Kier alpha value is -2.44. The van der Waals surface area contributed by atoms with Crippen LogP contribution in [0.25, 0.3) is 0 Å². The highest BCUT2D eigenvalue weighted by Crippen LogP contribution is 2.33. The van der Waals surface area contributed by atoms with E-state index < -0.39 is 18.2 Å². The van der Waals surface area contributed by atoms with E-state index in [1.54, 1.807) is 31.2 Å². The number of unbranched alkanes of at least 4 members (excludes halogenated alkanes) is 1. The first-order valence-corrected chi connectivity index (χ1v) is 10.0. The van der Waals surface area contributed by atoms with Gasteiger partial charge in [-0.3, -0.25) is 9.59 Å². The lowest BCUT2D eigenvalue weighted by Gasteiger charge is -2.17. The standard InChI is InChI=1S/C23H30O6/c1-15-12-16(8-11-20(15)25)13-17(24)9-10-19-18(21(26)14-22(19)27)6-4-2-3-5-7-23(28)29/h2,4,8-12,17-19,22,24-25,27H,3,5-7,13-14H2,1H3,(H,28,29)/b4-2-,10-9+/t17-,18+,19+,22+/m0/s1. The monoisotopic (exact) mass is 402 g/mol. The third-order valence-corrected chi connectivity index (χ3v) is 5.31. The third kappa shape index (κ3) is 7.15. The predicted octanol–water partition coefficient (Wildman–Crippen LogP) is 2.93. The minimum atomic E-state index is -0.821. The van der Waals surface area contributed by atoms with E-state index in [-0.39, 0.29) is 36.2 Å². The second kappa shape index (κ2) is 10.9. The van der Waals surface area contributed by atoms with Gasteiger partial charge in [0, 0.05) is 31.1 Å². The Labute approximate surface area is 171 Å². The summed E-state index contributed by atoms with van der Waals surface area (Å²) in [6.45, 7) is 1.79. The SMILES string of the molecule is Cc1cc(C[C@@H](O)/C=C/[C@H]2[C@H](O)CC(=O)[C@@H]2C/C=C\CCCC(=O)O)ccc1O. The highest BCUT2D eigenvalue weighted by atomic mass is 16.4. The van der Waals surface area contributed by atoms with Gasteiger partial charge in [0.25, 0.3) is 0 Å². The molecular formula is C23H30O6. The zero-order valence-electron chi connectivity index (χ0n) is 16.7. The summed E-state index contributed by atoms with van der Waals surface area (Å²) < 4.78 is 0. The van der Waals surface area contributed by atoms with Crippen LogP contribution in [0.15, 0.2) is 42.5 Å². The average molecular weight is 402 g/mol. The number of rotatable bonds is 10. The van der Waals surface area contributed by atoms with Crippen molar-refractivity contribution >= 4 is 11.8 Å². The van der Waals surface area contributed by atoms with Crippen LogP contribution in [0.1, 0.15) is 43.2 Å². The van der Waals surface area contributed by atoms with E-state index in [1.165, 1.54) is 0 Å². The zero-order valence-corrected chi connectivity index (χ0v) is 16.7. The molecule has 0 radical (unpaired) electrons. The van der Waals surface area contributed by atoms with Gasteiger partial charge in [-0.2, -0.15) is 0 Å². The van der Waals surface area contributed by atoms with Gasteiger partial charge in [-0.25, -0.2) is 0 Å². The lowest BCUT2D eigenvalue weighted by Crippen LogP contribution is -2.19. The van der Waals surface area contributed by atoms with Crippen LogP contribution in [0.3, 0.4) is 0 Å². The van der Waals surface area contributed by atoms with Crippen molar-refractivity contribution in [2.45, 2.75) is 57.7 Å². The number of allylic oxidation sites excluding steroid dienone is 2. The Morgan fingerprint density at radius 1 is 1.31 bits per heavy atom. The number of carboxylic acid groups (broad SMARTS) is 1. The number of aliphatic hydroxyl groups excluding tert-OH is 2. The Kier molecular flexibility index (Phi) is 8.61. The number of carboxylic acids is 1. The van der Waals surface area contributed by atoms with Gasteiger partial charge in [0.2, 0.25) is 0 Å². The number of ketones is 1. The van der Waals surface area contributed by atoms with Crippen molar-refractivity contribution in [1.82, 2.24) is 0 Å². The maximum Gasteiger partial charge on any atom is 0.303 e. The molecule has 0 aromatic heterocycles. The molecule has 0 aliphatic heterocycles. The van der Waals surface area contributed by atoms with E-state index in [4.69, 9.17) is 5.11 Å². The number of carbonyl (C=O) groups is 2. The van der Waals surface area contributed by atoms with E-state index in [0.717, 1.165) is 11.1 Å². The quantitative estimate of drug-likeness (QED) is 0.353. The molecule has 0 saturated heterocycles. The van der Waals surface area contributed by atoms with Crippen LogP contribution < -0.4 is 0 Å². The molecule has 158 valence electrons. The van der Waals surface area contributed by atoms with Gasteiger partial charge < -0.3 is 20.4 Å². The molecule has 1 aliphatic carbocycles. The van der Waals surface area contributed by atoms with Crippen LogP contribution in [-0.4, -0.2) is 44.4 Å². The predicted molar refractivity (Wildman–Crippen MR) is 110 cm³/mol. The third-order valence-electron chi connectivity index (χ3n) is 5.31. The summed E-state index contributed by atoms with van der Waals surface area (Å²) in [5.74, 6) is -1.28. The second-order valence-electron chi connectivity index (χ2n) is 7.69. The van der Waals surface area contributed by atoms with Gasteiger partial charge in [-0.1, -0.05) is 36.4 Å². The van der Waals surface area contributed by atoms with E-state index in [1.807, 2.05) is 18.2 Å². The van der Waals surface area contributed by atoms with Crippen LogP contribution >= 0.6 is 0 Å². The summed E-state index contributed by atoms with van der Waals surface area (Å²) in [4.78, 5) is 22.7. The first-order valence-electron chi connectivity index (χ1n) is 10.0. The fourth-order valence-electron chi connectivity index (χ4n) is 3.67. The number of aliphatic hydroxyl groups is 2. The fraction of sp³-hybridized carbons (Fsp3) is 0.478. The first-order chi connectivity index (χ1) is 13.8. The Bertz CT molecular complexity index is 767. The number of aromatic hydroxyl groups is 1. The zero-order chi connectivity index (χ0) is 21.4. The van der Waals surface area contributed by atoms with E-state index in [2.05, 4.69) is 0 Å². The van der Waals surface area contributed by atoms with Gasteiger partial charge in [0.1, 0.15) is 11.5 Å². The van der Waals surface area contributed by atoms with E-state index >= 15 is 0 Å². The van der Waals surface area contributed by atoms with Crippen molar-refractivity contribution in [2.75, 3.05) is 0 Å². The van der Waals surface area contributed by atoms with Crippen LogP contribution in [0.4, 0.5) is 0 Å². The smallest absolute Gasteiger partial charge is 0.303 e. The normalized spacial score (nSPS) is 23.3. The summed E-state index contributed by atoms with van der Waals surface area (Å²) in [6, 6.07) is 5.17. The van der Waals surface area contributed by atoms with Crippen molar-refractivity contribution in [1.29, 1.82) is 0 Å². The maximum absolute atomic E-state index is 12.2. The molecule has 1 aromatic rings. The molecule has 4 N–H and O–H groups in total. The summed E-state index contributed by atoms with van der Waals surface area (Å²) in [7, 11) is 0. The number of phenolic OH excluding ortho intramolecular Hbond substituents is 1. The number of aliphatic carboxylic acids is 1. The maximum atomic E-state index is 12.2. The average Bonchev–Trinajstić information content (AvgIpc) is 2.92. The van der Waals surface area contributed by atoms with Crippen molar-refractivity contribution < 1.29 is 30.0 Å². The number of hydrogen-bond acceptors (Lipinski definition) is 5. The number of benzene rings is 1. The molecule has 1 aliphatic rings. The Morgan fingerprint density at radius 3 is 2.76 bits per heavy atom. The fourth-order valence-corrected chi connectivity index (χ4v) is 3.67. The minimum Gasteiger partial charge on any atom is -0.508 e. The first kappa shape index (κ1) is 22.8.